The van der Waals surface area contributed by atoms with Crippen LogP contribution in [0, 0.1) is 0 Å². The average molecular weight is 436 g/mol. The molecule has 1 N–H and O–H groups in total. The zero-order valence-corrected chi connectivity index (χ0v) is 19.3. The Labute approximate surface area is 188 Å². The summed E-state index contributed by atoms with van der Waals surface area (Å²) in [5.41, 5.74) is 5.57. The van der Waals surface area contributed by atoms with E-state index in [0.717, 1.165) is 35.3 Å². The van der Waals surface area contributed by atoms with Gasteiger partial charge in [-0.05, 0) is 53.7 Å². The van der Waals surface area contributed by atoms with E-state index >= 15 is 0 Å². The Balaban J connectivity index is 1.83. The number of rotatable bonds is 10. The highest BCUT2D eigenvalue weighted by Crippen LogP contribution is 2.34. The summed E-state index contributed by atoms with van der Waals surface area (Å²) in [4.78, 5) is 12.8. The van der Waals surface area contributed by atoms with Gasteiger partial charge in [-0.2, -0.15) is 23.5 Å². The Hall–Kier alpha value is -2.17. The molecule has 0 radical (unpaired) electrons. The number of aryl methyl sites for hydroxylation is 1. The van der Waals surface area contributed by atoms with Crippen LogP contribution in [0.2, 0.25) is 0 Å². The maximum Gasteiger partial charge on any atom is 0.251 e. The first kappa shape index (κ1) is 22.5. The zero-order chi connectivity index (χ0) is 21.2. The molecule has 156 valence electrons. The Morgan fingerprint density at radius 3 is 2.27 bits per heavy atom. The molecule has 0 aliphatic heterocycles. The first-order chi connectivity index (χ1) is 14.7. The molecule has 3 aromatic carbocycles. The SMILES string of the molecule is CSCCNC(=O)c1ccccc1-c1ccccc1CCC(SC)c1ccccc1. The van der Waals surface area contributed by atoms with Crippen LogP contribution in [0.1, 0.15) is 33.2 Å². The van der Waals surface area contributed by atoms with Gasteiger partial charge in [0.2, 0.25) is 0 Å². The van der Waals surface area contributed by atoms with Gasteiger partial charge in [-0.3, -0.25) is 4.79 Å². The van der Waals surface area contributed by atoms with Crippen molar-refractivity contribution in [1.82, 2.24) is 5.32 Å². The molecule has 1 amide bonds. The van der Waals surface area contributed by atoms with Crippen LogP contribution in [0.25, 0.3) is 11.1 Å². The van der Waals surface area contributed by atoms with Gasteiger partial charge in [-0.1, -0.05) is 72.8 Å². The molecule has 0 aliphatic carbocycles. The molecule has 30 heavy (non-hydrogen) atoms. The van der Waals surface area contributed by atoms with Crippen LogP contribution in [0.3, 0.4) is 0 Å². The van der Waals surface area contributed by atoms with Crippen LogP contribution < -0.4 is 5.32 Å². The summed E-state index contributed by atoms with van der Waals surface area (Å²) in [5.74, 6) is 0.917. The number of hydrogen-bond donors (Lipinski definition) is 1. The van der Waals surface area contributed by atoms with Crippen molar-refractivity contribution >= 4 is 29.4 Å². The first-order valence-electron chi connectivity index (χ1n) is 10.3. The molecule has 0 saturated carbocycles. The van der Waals surface area contributed by atoms with Crippen molar-refractivity contribution in [2.45, 2.75) is 18.1 Å². The van der Waals surface area contributed by atoms with E-state index < -0.39 is 0 Å². The van der Waals surface area contributed by atoms with Gasteiger partial charge < -0.3 is 5.32 Å². The molecule has 0 heterocycles. The molecule has 0 bridgehead atoms. The highest BCUT2D eigenvalue weighted by atomic mass is 32.2. The molecular formula is C26H29NOS2. The van der Waals surface area contributed by atoms with E-state index in [4.69, 9.17) is 0 Å². The van der Waals surface area contributed by atoms with Gasteiger partial charge in [0.05, 0.1) is 0 Å². The summed E-state index contributed by atoms with van der Waals surface area (Å²) in [6.45, 7) is 0.683. The smallest absolute Gasteiger partial charge is 0.251 e. The van der Waals surface area contributed by atoms with Crippen molar-refractivity contribution in [3.63, 3.8) is 0 Å². The minimum Gasteiger partial charge on any atom is -0.351 e. The summed E-state index contributed by atoms with van der Waals surface area (Å²) in [5, 5.41) is 3.51. The van der Waals surface area contributed by atoms with E-state index in [2.05, 4.69) is 72.2 Å². The fourth-order valence-corrected chi connectivity index (χ4v) is 4.74. The van der Waals surface area contributed by atoms with Crippen LogP contribution in [0.15, 0.2) is 78.9 Å². The summed E-state index contributed by atoms with van der Waals surface area (Å²) in [6.07, 6.45) is 6.26. The molecule has 0 saturated heterocycles. The monoisotopic (exact) mass is 435 g/mol. The van der Waals surface area contributed by atoms with E-state index in [-0.39, 0.29) is 5.91 Å². The van der Waals surface area contributed by atoms with Gasteiger partial charge in [-0.25, -0.2) is 0 Å². The van der Waals surface area contributed by atoms with Gasteiger partial charge in [0.15, 0.2) is 0 Å². The molecule has 4 heteroatoms. The van der Waals surface area contributed by atoms with E-state index in [1.807, 2.05) is 36.2 Å². The van der Waals surface area contributed by atoms with Gasteiger partial charge >= 0.3 is 0 Å². The van der Waals surface area contributed by atoms with E-state index in [0.29, 0.717) is 11.8 Å². The maximum atomic E-state index is 12.8. The summed E-state index contributed by atoms with van der Waals surface area (Å²) in [7, 11) is 0. The van der Waals surface area contributed by atoms with Gasteiger partial charge in [0.25, 0.3) is 5.91 Å². The van der Waals surface area contributed by atoms with E-state index in [9.17, 15) is 4.79 Å². The summed E-state index contributed by atoms with van der Waals surface area (Å²) >= 11 is 3.63. The Morgan fingerprint density at radius 2 is 1.53 bits per heavy atom. The van der Waals surface area contributed by atoms with Crippen molar-refractivity contribution in [1.29, 1.82) is 0 Å². The molecule has 3 rings (SSSR count). The van der Waals surface area contributed by atoms with Crippen molar-refractivity contribution in [2.75, 3.05) is 24.8 Å². The number of thioether (sulfide) groups is 2. The first-order valence-corrected chi connectivity index (χ1v) is 12.9. The lowest BCUT2D eigenvalue weighted by Gasteiger charge is -2.17. The lowest BCUT2D eigenvalue weighted by atomic mass is 9.92. The highest BCUT2D eigenvalue weighted by molar-refractivity contribution is 7.98. The molecule has 0 fully saturated rings. The predicted octanol–water partition coefficient (Wildman–Crippen LogP) is 6.48. The minimum atomic E-state index is 0.000675. The van der Waals surface area contributed by atoms with Crippen LogP contribution in [-0.4, -0.2) is 30.7 Å². The molecule has 1 atom stereocenters. The van der Waals surface area contributed by atoms with Gasteiger partial charge in [0.1, 0.15) is 0 Å². The fraction of sp³-hybridized carbons (Fsp3) is 0.269. The Morgan fingerprint density at radius 1 is 0.867 bits per heavy atom. The molecule has 1 unspecified atom stereocenters. The molecule has 0 aromatic heterocycles. The molecule has 2 nitrogen and oxygen atoms in total. The number of hydrogen-bond acceptors (Lipinski definition) is 3. The van der Waals surface area contributed by atoms with Gasteiger partial charge in [-0.15, -0.1) is 0 Å². The minimum absolute atomic E-state index is 0.000675. The predicted molar refractivity (Wildman–Crippen MR) is 134 cm³/mol. The standard InChI is InChI=1S/C26H29NOS2/c1-29-19-18-27-26(28)24-15-9-8-14-23(24)22-13-7-6-10-20(22)16-17-25(30-2)21-11-4-3-5-12-21/h3-15,25H,16-19H2,1-2H3,(H,27,28). The molecular weight excluding hydrogens is 406 g/mol. The molecule has 0 spiro atoms. The number of carbonyl (C=O) groups excluding carboxylic acids is 1. The quantitative estimate of drug-likeness (QED) is 0.369. The van der Waals surface area contributed by atoms with Crippen LogP contribution >= 0.6 is 23.5 Å². The normalized spacial score (nSPS) is 11.8. The Bertz CT molecular complexity index is 943. The van der Waals surface area contributed by atoms with E-state index in [1.165, 1.54) is 11.1 Å². The zero-order valence-electron chi connectivity index (χ0n) is 17.6. The second-order valence-electron chi connectivity index (χ2n) is 7.13. The number of benzene rings is 3. The number of amides is 1. The fourth-order valence-electron chi connectivity index (χ4n) is 3.65. The lowest BCUT2D eigenvalue weighted by Crippen LogP contribution is -2.26. The topological polar surface area (TPSA) is 29.1 Å². The maximum absolute atomic E-state index is 12.8. The van der Waals surface area contributed by atoms with Crippen molar-refractivity contribution in [3.05, 3.63) is 95.6 Å². The number of carbonyl (C=O) groups is 1. The molecule has 3 aromatic rings. The summed E-state index contributed by atoms with van der Waals surface area (Å²) in [6, 6.07) is 27.1. The third-order valence-corrected chi connectivity index (χ3v) is 6.89. The van der Waals surface area contributed by atoms with Gasteiger partial charge in [0, 0.05) is 23.1 Å². The van der Waals surface area contributed by atoms with Crippen LogP contribution in [0.5, 0.6) is 0 Å². The third-order valence-electron chi connectivity index (χ3n) is 5.20. The van der Waals surface area contributed by atoms with Crippen molar-refractivity contribution < 1.29 is 4.79 Å². The second-order valence-corrected chi connectivity index (χ2v) is 9.15. The van der Waals surface area contributed by atoms with Crippen LogP contribution in [-0.2, 0) is 6.42 Å². The summed E-state index contributed by atoms with van der Waals surface area (Å²) < 4.78 is 0. The Kier molecular flexibility index (Phi) is 8.91. The second kappa shape index (κ2) is 11.9. The average Bonchev–Trinajstić information content (AvgIpc) is 2.80. The largest absolute Gasteiger partial charge is 0.351 e. The molecule has 0 aliphatic rings. The van der Waals surface area contributed by atoms with Crippen molar-refractivity contribution in [2.24, 2.45) is 0 Å². The third kappa shape index (κ3) is 5.93. The van der Waals surface area contributed by atoms with E-state index in [1.54, 1.807) is 11.8 Å². The highest BCUT2D eigenvalue weighted by Gasteiger charge is 2.16. The van der Waals surface area contributed by atoms with Crippen molar-refractivity contribution in [3.8, 4) is 11.1 Å². The van der Waals surface area contributed by atoms with Crippen LogP contribution in [0.4, 0.5) is 0 Å². The lowest BCUT2D eigenvalue weighted by molar-refractivity contribution is 0.0957. The number of nitrogens with one attached hydrogen (secondary N) is 1.